The van der Waals surface area contributed by atoms with Gasteiger partial charge in [0, 0.05) is 0 Å². The third-order valence-electron chi connectivity index (χ3n) is 4.16. The Labute approximate surface area is 171 Å². The highest BCUT2D eigenvalue weighted by molar-refractivity contribution is 5.75. The number of rotatable bonds is 8. The standard InChI is InChI=1S/C20H21N5O5/c1-2-29-15-9-12(11-4-3-5-13(8-11)30-10-16(26)27)6-7-14(15)18-23-19(25-22)17(21)20(28)24-18/h3-9H,2,10,21-22H2,1H3,(H,26,27)(H2,23,24,25,28). The molecule has 0 saturated heterocycles. The van der Waals surface area contributed by atoms with Crippen LogP contribution in [-0.4, -0.2) is 34.3 Å². The number of hydrazine groups is 1. The Balaban J connectivity index is 2.03. The van der Waals surface area contributed by atoms with E-state index in [1.165, 1.54) is 0 Å². The first-order valence-corrected chi connectivity index (χ1v) is 9.01. The largest absolute Gasteiger partial charge is 0.493 e. The summed E-state index contributed by atoms with van der Waals surface area (Å²) in [6, 6.07) is 12.4. The molecule has 0 amide bonds. The van der Waals surface area contributed by atoms with E-state index in [2.05, 4.69) is 15.4 Å². The molecule has 0 atom stereocenters. The zero-order chi connectivity index (χ0) is 21.7. The van der Waals surface area contributed by atoms with E-state index in [1.54, 1.807) is 30.3 Å². The van der Waals surface area contributed by atoms with Gasteiger partial charge in [-0.05, 0) is 42.3 Å². The van der Waals surface area contributed by atoms with E-state index >= 15 is 0 Å². The van der Waals surface area contributed by atoms with Crippen molar-refractivity contribution in [2.24, 2.45) is 5.84 Å². The van der Waals surface area contributed by atoms with E-state index in [1.807, 2.05) is 19.1 Å². The molecular weight excluding hydrogens is 390 g/mol. The molecule has 2 aromatic carbocycles. The van der Waals surface area contributed by atoms with Gasteiger partial charge in [0.25, 0.3) is 5.56 Å². The van der Waals surface area contributed by atoms with Gasteiger partial charge in [0.15, 0.2) is 12.4 Å². The number of ether oxygens (including phenoxy) is 2. The number of nitrogens with two attached hydrogens (primary N) is 2. The number of aliphatic carboxylic acids is 1. The number of hydrogen-bond donors (Lipinski definition) is 5. The van der Waals surface area contributed by atoms with Gasteiger partial charge in [0.05, 0.1) is 12.2 Å². The van der Waals surface area contributed by atoms with Gasteiger partial charge in [-0.25, -0.2) is 15.6 Å². The average molecular weight is 411 g/mol. The van der Waals surface area contributed by atoms with Crippen molar-refractivity contribution in [1.29, 1.82) is 0 Å². The molecule has 0 spiro atoms. The van der Waals surface area contributed by atoms with Crippen molar-refractivity contribution >= 4 is 17.5 Å². The second kappa shape index (κ2) is 8.97. The van der Waals surface area contributed by atoms with Crippen molar-refractivity contribution in [2.45, 2.75) is 6.92 Å². The lowest BCUT2D eigenvalue weighted by molar-refractivity contribution is -0.139. The van der Waals surface area contributed by atoms with Gasteiger partial charge in [0.2, 0.25) is 0 Å². The van der Waals surface area contributed by atoms with Gasteiger partial charge in [-0.3, -0.25) is 4.79 Å². The molecule has 0 radical (unpaired) electrons. The average Bonchev–Trinajstić information content (AvgIpc) is 2.74. The van der Waals surface area contributed by atoms with Gasteiger partial charge < -0.3 is 30.7 Å². The van der Waals surface area contributed by atoms with Gasteiger partial charge in [0.1, 0.15) is 23.0 Å². The van der Waals surface area contributed by atoms with Crippen molar-refractivity contribution < 1.29 is 19.4 Å². The molecular formula is C20H21N5O5. The van der Waals surface area contributed by atoms with Crippen molar-refractivity contribution in [3.05, 3.63) is 52.8 Å². The maximum Gasteiger partial charge on any atom is 0.341 e. The van der Waals surface area contributed by atoms with Crippen LogP contribution in [0.25, 0.3) is 22.5 Å². The molecule has 0 aliphatic heterocycles. The van der Waals surface area contributed by atoms with Crippen LogP contribution in [0, 0.1) is 0 Å². The van der Waals surface area contributed by atoms with Crippen LogP contribution < -0.4 is 32.0 Å². The second-order valence-corrected chi connectivity index (χ2v) is 6.18. The highest BCUT2D eigenvalue weighted by Crippen LogP contribution is 2.34. The predicted molar refractivity (Wildman–Crippen MR) is 112 cm³/mol. The fourth-order valence-corrected chi connectivity index (χ4v) is 2.80. The highest BCUT2D eigenvalue weighted by atomic mass is 16.5. The number of hydrogen-bond acceptors (Lipinski definition) is 8. The quantitative estimate of drug-likeness (QED) is 0.274. The van der Waals surface area contributed by atoms with Gasteiger partial charge >= 0.3 is 5.97 Å². The molecule has 0 aliphatic rings. The molecule has 10 nitrogen and oxygen atoms in total. The van der Waals surface area contributed by atoms with Crippen LogP contribution in [-0.2, 0) is 4.79 Å². The maximum absolute atomic E-state index is 12.1. The molecule has 0 saturated carbocycles. The fraction of sp³-hybridized carbons (Fsp3) is 0.150. The first kappa shape index (κ1) is 20.7. The summed E-state index contributed by atoms with van der Waals surface area (Å²) in [7, 11) is 0. The SMILES string of the molecule is CCOc1cc(-c2cccc(OCC(=O)O)c2)ccc1-c1nc(NN)c(N)c(=O)[nH]1. The van der Waals surface area contributed by atoms with E-state index in [4.69, 9.17) is 26.2 Å². The first-order chi connectivity index (χ1) is 14.4. The Morgan fingerprint density at radius 1 is 1.20 bits per heavy atom. The Hall–Kier alpha value is -4.05. The topological polar surface area (TPSA) is 166 Å². The van der Waals surface area contributed by atoms with Crippen LogP contribution in [0.1, 0.15) is 6.92 Å². The monoisotopic (exact) mass is 411 g/mol. The van der Waals surface area contributed by atoms with Crippen LogP contribution in [0.4, 0.5) is 11.5 Å². The molecule has 10 heteroatoms. The molecule has 7 N–H and O–H groups in total. The number of carboxylic acids is 1. The number of carboxylic acid groups (broad SMARTS) is 1. The van der Waals surface area contributed by atoms with E-state index in [-0.39, 0.29) is 17.3 Å². The number of nitrogen functional groups attached to an aromatic ring is 2. The Morgan fingerprint density at radius 3 is 2.67 bits per heavy atom. The fourth-order valence-electron chi connectivity index (χ4n) is 2.80. The summed E-state index contributed by atoms with van der Waals surface area (Å²) in [6.07, 6.45) is 0. The number of benzene rings is 2. The summed E-state index contributed by atoms with van der Waals surface area (Å²) in [5.74, 6) is 5.56. The number of nitrogens with zero attached hydrogens (tertiary/aromatic N) is 1. The third kappa shape index (κ3) is 4.50. The second-order valence-electron chi connectivity index (χ2n) is 6.18. The number of H-pyrrole nitrogens is 1. The van der Waals surface area contributed by atoms with Gasteiger partial charge in [-0.1, -0.05) is 18.2 Å². The van der Waals surface area contributed by atoms with Crippen LogP contribution in [0.15, 0.2) is 47.3 Å². The number of aromatic amines is 1. The van der Waals surface area contributed by atoms with E-state index in [0.717, 1.165) is 11.1 Å². The Kier molecular flexibility index (Phi) is 6.18. The van der Waals surface area contributed by atoms with Crippen molar-refractivity contribution in [3.8, 4) is 34.0 Å². The molecule has 3 rings (SSSR count). The molecule has 0 aliphatic carbocycles. The van der Waals surface area contributed by atoms with E-state index in [9.17, 15) is 9.59 Å². The number of anilines is 2. The van der Waals surface area contributed by atoms with Crippen LogP contribution >= 0.6 is 0 Å². The van der Waals surface area contributed by atoms with Gasteiger partial charge in [-0.15, -0.1) is 0 Å². The normalized spacial score (nSPS) is 10.5. The van der Waals surface area contributed by atoms with Crippen molar-refractivity contribution in [1.82, 2.24) is 9.97 Å². The van der Waals surface area contributed by atoms with E-state index in [0.29, 0.717) is 23.7 Å². The molecule has 1 heterocycles. The third-order valence-corrected chi connectivity index (χ3v) is 4.16. The lowest BCUT2D eigenvalue weighted by atomic mass is 10.0. The van der Waals surface area contributed by atoms with Crippen molar-refractivity contribution in [2.75, 3.05) is 24.4 Å². The molecule has 0 unspecified atom stereocenters. The summed E-state index contributed by atoms with van der Waals surface area (Å²) in [4.78, 5) is 29.7. The zero-order valence-electron chi connectivity index (χ0n) is 16.1. The first-order valence-electron chi connectivity index (χ1n) is 9.01. The zero-order valence-corrected chi connectivity index (χ0v) is 16.1. The van der Waals surface area contributed by atoms with Crippen LogP contribution in [0.2, 0.25) is 0 Å². The summed E-state index contributed by atoms with van der Waals surface area (Å²) in [6.45, 7) is 1.79. The minimum atomic E-state index is -1.06. The number of nitrogens with one attached hydrogen (secondary N) is 2. The maximum atomic E-state index is 12.1. The lowest BCUT2D eigenvalue weighted by Crippen LogP contribution is -2.20. The number of aromatic nitrogens is 2. The summed E-state index contributed by atoms with van der Waals surface area (Å²) in [5, 5.41) is 8.78. The molecule has 0 fully saturated rings. The van der Waals surface area contributed by atoms with Gasteiger partial charge in [-0.2, -0.15) is 0 Å². The van der Waals surface area contributed by atoms with Crippen LogP contribution in [0.3, 0.4) is 0 Å². The summed E-state index contributed by atoms with van der Waals surface area (Å²) in [5.41, 5.74) is 9.48. The molecule has 3 aromatic rings. The Bertz CT molecular complexity index is 1130. The predicted octanol–water partition coefficient (Wildman–Crippen LogP) is 1.83. The van der Waals surface area contributed by atoms with Crippen molar-refractivity contribution in [3.63, 3.8) is 0 Å². The molecule has 156 valence electrons. The van der Waals surface area contributed by atoms with E-state index < -0.39 is 18.1 Å². The van der Waals surface area contributed by atoms with Crippen LogP contribution in [0.5, 0.6) is 11.5 Å². The summed E-state index contributed by atoms with van der Waals surface area (Å²) < 4.78 is 11.0. The Morgan fingerprint density at radius 2 is 1.97 bits per heavy atom. The molecule has 30 heavy (non-hydrogen) atoms. The molecule has 1 aromatic heterocycles. The molecule has 0 bridgehead atoms. The highest BCUT2D eigenvalue weighted by Gasteiger charge is 2.15. The minimum absolute atomic E-state index is 0.0588. The summed E-state index contributed by atoms with van der Waals surface area (Å²) >= 11 is 0. The smallest absolute Gasteiger partial charge is 0.341 e. The minimum Gasteiger partial charge on any atom is -0.493 e. The number of carbonyl (C=O) groups is 1. The lowest BCUT2D eigenvalue weighted by Gasteiger charge is -2.14.